The van der Waals surface area contributed by atoms with Crippen LogP contribution >= 0.6 is 0 Å². The molecule has 1 aliphatic carbocycles. The van der Waals surface area contributed by atoms with E-state index < -0.39 is 6.10 Å². The molecule has 0 aromatic heterocycles. The number of nitrogens with one attached hydrogen (secondary N) is 2. The molecule has 3 rings (SSSR count). The van der Waals surface area contributed by atoms with Crippen LogP contribution < -0.4 is 10.6 Å². The van der Waals surface area contributed by atoms with Crippen molar-refractivity contribution in [3.63, 3.8) is 0 Å². The first-order chi connectivity index (χ1) is 9.59. The fraction of sp³-hybridized carbons (Fsp3) is 0.533. The van der Waals surface area contributed by atoms with Crippen molar-refractivity contribution in [2.45, 2.75) is 36.8 Å². The summed E-state index contributed by atoms with van der Waals surface area (Å²) in [6.07, 6.45) is 2.06. The van der Waals surface area contributed by atoms with Gasteiger partial charge in [-0.25, -0.2) is 4.39 Å². The number of rotatable bonds is 4. The summed E-state index contributed by atoms with van der Waals surface area (Å²) in [4.78, 5) is 12.0. The van der Waals surface area contributed by atoms with Crippen LogP contribution in [0.2, 0.25) is 0 Å². The molecule has 3 N–H and O–H groups in total. The molecule has 2 atom stereocenters. The number of benzene rings is 1. The molecule has 4 nitrogen and oxygen atoms in total. The molecular weight excluding hydrogens is 259 g/mol. The Labute approximate surface area is 117 Å². The van der Waals surface area contributed by atoms with Gasteiger partial charge in [0.2, 0.25) is 5.91 Å². The average molecular weight is 278 g/mol. The molecule has 108 valence electrons. The van der Waals surface area contributed by atoms with E-state index in [4.69, 9.17) is 0 Å². The first-order valence-electron chi connectivity index (χ1n) is 7.04. The molecule has 1 aliphatic heterocycles. The molecule has 0 radical (unpaired) electrons. The van der Waals surface area contributed by atoms with Gasteiger partial charge < -0.3 is 15.7 Å². The lowest BCUT2D eigenvalue weighted by atomic mass is 9.96. The Bertz CT molecular complexity index is 499. The van der Waals surface area contributed by atoms with Crippen molar-refractivity contribution < 1.29 is 14.3 Å². The Morgan fingerprint density at radius 3 is 2.65 bits per heavy atom. The minimum absolute atomic E-state index is 0.0272. The third-order valence-electron chi connectivity index (χ3n) is 4.34. The zero-order valence-electron chi connectivity index (χ0n) is 11.2. The van der Waals surface area contributed by atoms with Gasteiger partial charge in [0.25, 0.3) is 0 Å². The molecule has 1 aromatic carbocycles. The second-order valence-electron chi connectivity index (χ2n) is 5.86. The fourth-order valence-corrected chi connectivity index (χ4v) is 2.82. The van der Waals surface area contributed by atoms with E-state index in [0.29, 0.717) is 19.5 Å². The van der Waals surface area contributed by atoms with E-state index in [1.165, 1.54) is 12.1 Å². The van der Waals surface area contributed by atoms with Crippen LogP contribution in [-0.4, -0.2) is 36.2 Å². The number of aliphatic hydroxyl groups is 1. The maximum atomic E-state index is 12.9. The zero-order valence-corrected chi connectivity index (χ0v) is 11.2. The largest absolute Gasteiger partial charge is 0.392 e. The summed E-state index contributed by atoms with van der Waals surface area (Å²) in [5.41, 5.74) is 1.05. The van der Waals surface area contributed by atoms with E-state index in [9.17, 15) is 14.3 Å². The fourth-order valence-electron chi connectivity index (χ4n) is 2.82. The van der Waals surface area contributed by atoms with Crippen LogP contribution in [0.1, 0.15) is 24.8 Å². The lowest BCUT2D eigenvalue weighted by Crippen LogP contribution is -2.43. The van der Waals surface area contributed by atoms with Crippen molar-refractivity contribution in [2.75, 3.05) is 13.1 Å². The molecule has 2 aliphatic rings. The van der Waals surface area contributed by atoms with Gasteiger partial charge >= 0.3 is 0 Å². The van der Waals surface area contributed by atoms with Gasteiger partial charge in [-0.3, -0.25) is 4.79 Å². The second-order valence-corrected chi connectivity index (χ2v) is 5.86. The van der Waals surface area contributed by atoms with Crippen LogP contribution in [0.15, 0.2) is 24.3 Å². The summed E-state index contributed by atoms with van der Waals surface area (Å²) in [5.74, 6) is -0.298. The highest BCUT2D eigenvalue weighted by molar-refractivity contribution is 5.82. The van der Waals surface area contributed by atoms with Crippen molar-refractivity contribution in [1.82, 2.24) is 10.6 Å². The van der Waals surface area contributed by atoms with Gasteiger partial charge in [0.05, 0.1) is 12.1 Å². The highest BCUT2D eigenvalue weighted by atomic mass is 19.1. The Hall–Kier alpha value is -1.46. The third kappa shape index (κ3) is 2.69. The van der Waals surface area contributed by atoms with Gasteiger partial charge in [-0.1, -0.05) is 12.1 Å². The SMILES string of the molecule is O=C(NCC1(c2ccc(F)cc2)CC1)[C@H]1C[C@@H](O)CN1. The molecule has 0 bridgehead atoms. The van der Waals surface area contributed by atoms with Crippen LogP contribution in [0.4, 0.5) is 4.39 Å². The van der Waals surface area contributed by atoms with Crippen molar-refractivity contribution >= 4 is 5.91 Å². The van der Waals surface area contributed by atoms with E-state index in [1.54, 1.807) is 12.1 Å². The number of β-amino-alcohol motifs (C(OH)–C–C–N with tert-alkyl or cyclic N) is 1. The highest BCUT2D eigenvalue weighted by Crippen LogP contribution is 2.47. The standard InChI is InChI=1S/C15H19FN2O2/c16-11-3-1-10(2-4-11)15(5-6-15)9-18-14(20)13-7-12(19)8-17-13/h1-4,12-13,17,19H,5-9H2,(H,18,20)/t12-,13-/m1/s1. The molecule has 20 heavy (non-hydrogen) atoms. The number of amides is 1. The van der Waals surface area contributed by atoms with E-state index in [0.717, 1.165) is 18.4 Å². The summed E-state index contributed by atoms with van der Waals surface area (Å²) in [5, 5.41) is 15.4. The number of halogens is 1. The summed E-state index contributed by atoms with van der Waals surface area (Å²) < 4.78 is 12.9. The van der Waals surface area contributed by atoms with Crippen molar-refractivity contribution in [3.8, 4) is 0 Å². The molecule has 0 unspecified atom stereocenters. The van der Waals surface area contributed by atoms with Crippen molar-refractivity contribution in [2.24, 2.45) is 0 Å². The van der Waals surface area contributed by atoms with Gasteiger partial charge in [0, 0.05) is 18.5 Å². The average Bonchev–Trinajstić information content (AvgIpc) is 3.11. The molecule has 1 amide bonds. The van der Waals surface area contributed by atoms with Gasteiger partial charge in [0.15, 0.2) is 0 Å². The van der Waals surface area contributed by atoms with Gasteiger partial charge in [0.1, 0.15) is 5.82 Å². The van der Waals surface area contributed by atoms with E-state index in [1.807, 2.05) is 0 Å². The lowest BCUT2D eigenvalue weighted by molar-refractivity contribution is -0.123. The molecular formula is C15H19FN2O2. The molecule has 1 saturated carbocycles. The predicted molar refractivity (Wildman–Crippen MR) is 72.7 cm³/mol. The molecule has 0 spiro atoms. The Balaban J connectivity index is 1.58. The van der Waals surface area contributed by atoms with Gasteiger partial charge in [-0.05, 0) is 37.0 Å². The maximum absolute atomic E-state index is 12.9. The Kier molecular flexibility index (Phi) is 3.48. The zero-order chi connectivity index (χ0) is 14.2. The van der Waals surface area contributed by atoms with Crippen LogP contribution in [0.3, 0.4) is 0 Å². The second kappa shape index (κ2) is 5.14. The summed E-state index contributed by atoms with van der Waals surface area (Å²) in [7, 11) is 0. The van der Waals surface area contributed by atoms with Crippen LogP contribution in [-0.2, 0) is 10.2 Å². The minimum Gasteiger partial charge on any atom is -0.392 e. The van der Waals surface area contributed by atoms with Crippen molar-refractivity contribution in [3.05, 3.63) is 35.6 Å². The van der Waals surface area contributed by atoms with Crippen LogP contribution in [0, 0.1) is 5.82 Å². The molecule has 1 aromatic rings. The number of aliphatic hydroxyl groups excluding tert-OH is 1. The predicted octanol–water partition coefficient (Wildman–Crippen LogP) is 0.696. The molecule has 1 heterocycles. The number of hydrogen-bond acceptors (Lipinski definition) is 3. The Morgan fingerprint density at radius 2 is 2.10 bits per heavy atom. The van der Waals surface area contributed by atoms with Gasteiger partial charge in [-0.15, -0.1) is 0 Å². The number of carbonyl (C=O) groups is 1. The highest BCUT2D eigenvalue weighted by Gasteiger charge is 2.44. The van der Waals surface area contributed by atoms with E-state index in [2.05, 4.69) is 10.6 Å². The smallest absolute Gasteiger partial charge is 0.237 e. The van der Waals surface area contributed by atoms with Crippen molar-refractivity contribution in [1.29, 1.82) is 0 Å². The van der Waals surface area contributed by atoms with Crippen LogP contribution in [0.5, 0.6) is 0 Å². The summed E-state index contributed by atoms with van der Waals surface area (Å²) in [6, 6.07) is 6.23. The quantitative estimate of drug-likeness (QED) is 0.759. The van der Waals surface area contributed by atoms with E-state index >= 15 is 0 Å². The monoisotopic (exact) mass is 278 g/mol. The summed E-state index contributed by atoms with van der Waals surface area (Å²) >= 11 is 0. The Morgan fingerprint density at radius 1 is 1.40 bits per heavy atom. The maximum Gasteiger partial charge on any atom is 0.237 e. The van der Waals surface area contributed by atoms with E-state index in [-0.39, 0.29) is 23.2 Å². The normalized spacial score (nSPS) is 27.3. The lowest BCUT2D eigenvalue weighted by Gasteiger charge is -2.18. The summed E-state index contributed by atoms with van der Waals surface area (Å²) in [6.45, 7) is 1.05. The first kappa shape index (κ1) is 13.5. The molecule has 5 heteroatoms. The molecule has 2 fully saturated rings. The van der Waals surface area contributed by atoms with Gasteiger partial charge in [-0.2, -0.15) is 0 Å². The minimum atomic E-state index is -0.433. The first-order valence-corrected chi connectivity index (χ1v) is 7.04. The number of carbonyl (C=O) groups excluding carboxylic acids is 1. The molecule has 1 saturated heterocycles. The third-order valence-corrected chi connectivity index (χ3v) is 4.34. The number of hydrogen-bond donors (Lipinski definition) is 3. The van der Waals surface area contributed by atoms with Crippen LogP contribution in [0.25, 0.3) is 0 Å². The topological polar surface area (TPSA) is 61.4 Å².